The van der Waals surface area contributed by atoms with Gasteiger partial charge in [-0.15, -0.1) is 0 Å². The SMILES string of the molecule is COc1cccc(C(=O)Nc2cc(C)nn2-c2cccc(Cl)c2)c1OC(F)F. The molecule has 0 saturated heterocycles. The fraction of sp³-hybridized carbons (Fsp3) is 0.158. The van der Waals surface area contributed by atoms with Crippen LogP contribution in [0.4, 0.5) is 14.6 Å². The minimum atomic E-state index is -3.11. The molecular weight excluding hydrogens is 392 g/mol. The van der Waals surface area contributed by atoms with Crippen LogP contribution in [0.5, 0.6) is 11.5 Å². The van der Waals surface area contributed by atoms with E-state index < -0.39 is 12.5 Å². The maximum absolute atomic E-state index is 12.8. The van der Waals surface area contributed by atoms with Crippen molar-refractivity contribution in [2.75, 3.05) is 12.4 Å². The van der Waals surface area contributed by atoms with Gasteiger partial charge in [0.25, 0.3) is 5.91 Å². The maximum atomic E-state index is 12.8. The number of ether oxygens (including phenoxy) is 2. The minimum absolute atomic E-state index is 0.0208. The number of hydrogen-bond donors (Lipinski definition) is 1. The number of carbonyl (C=O) groups is 1. The van der Waals surface area contributed by atoms with Gasteiger partial charge in [0.05, 0.1) is 24.1 Å². The molecule has 0 fully saturated rings. The molecular formula is C19H16ClF2N3O3. The molecule has 3 rings (SSSR count). The van der Waals surface area contributed by atoms with E-state index in [1.54, 1.807) is 37.3 Å². The second-order valence-electron chi connectivity index (χ2n) is 5.73. The monoisotopic (exact) mass is 407 g/mol. The number of para-hydroxylation sites is 1. The lowest BCUT2D eigenvalue weighted by atomic mass is 10.1. The number of rotatable bonds is 6. The first-order valence-electron chi connectivity index (χ1n) is 8.15. The molecule has 0 unspecified atom stereocenters. The first kappa shape index (κ1) is 19.6. The highest BCUT2D eigenvalue weighted by Crippen LogP contribution is 2.33. The van der Waals surface area contributed by atoms with Crippen LogP contribution in [-0.2, 0) is 0 Å². The number of hydrogen-bond acceptors (Lipinski definition) is 4. The minimum Gasteiger partial charge on any atom is -0.493 e. The van der Waals surface area contributed by atoms with Gasteiger partial charge in [-0.3, -0.25) is 4.79 Å². The van der Waals surface area contributed by atoms with Crippen LogP contribution in [0, 0.1) is 6.92 Å². The number of amides is 1. The molecule has 0 aliphatic heterocycles. The first-order chi connectivity index (χ1) is 13.4. The van der Waals surface area contributed by atoms with Gasteiger partial charge < -0.3 is 14.8 Å². The molecule has 6 nitrogen and oxygen atoms in total. The highest BCUT2D eigenvalue weighted by Gasteiger charge is 2.21. The van der Waals surface area contributed by atoms with Crippen molar-refractivity contribution in [3.05, 3.63) is 64.8 Å². The second-order valence-corrected chi connectivity index (χ2v) is 6.17. The molecule has 146 valence electrons. The molecule has 9 heteroatoms. The van der Waals surface area contributed by atoms with Crippen molar-refractivity contribution in [1.29, 1.82) is 0 Å². The molecule has 0 bridgehead atoms. The molecule has 28 heavy (non-hydrogen) atoms. The number of benzene rings is 2. The van der Waals surface area contributed by atoms with Gasteiger partial charge >= 0.3 is 6.61 Å². The average Bonchev–Trinajstić information content (AvgIpc) is 3.01. The predicted octanol–water partition coefficient (Wildman–Crippen LogP) is 4.70. The molecule has 0 saturated carbocycles. The summed E-state index contributed by atoms with van der Waals surface area (Å²) in [5.74, 6) is -0.635. The highest BCUT2D eigenvalue weighted by atomic mass is 35.5. The van der Waals surface area contributed by atoms with E-state index in [9.17, 15) is 13.6 Å². The van der Waals surface area contributed by atoms with Crippen molar-refractivity contribution in [1.82, 2.24) is 9.78 Å². The Labute approximate surface area is 164 Å². The lowest BCUT2D eigenvalue weighted by molar-refractivity contribution is -0.0515. The number of anilines is 1. The molecule has 1 aromatic heterocycles. The number of carbonyl (C=O) groups excluding carboxylic acids is 1. The van der Waals surface area contributed by atoms with E-state index in [-0.39, 0.29) is 17.1 Å². The molecule has 2 aromatic carbocycles. The zero-order valence-corrected chi connectivity index (χ0v) is 15.7. The Balaban J connectivity index is 1.97. The summed E-state index contributed by atoms with van der Waals surface area (Å²) >= 11 is 6.03. The molecule has 0 atom stereocenters. The van der Waals surface area contributed by atoms with Crippen molar-refractivity contribution >= 4 is 23.3 Å². The molecule has 1 amide bonds. The number of alkyl halides is 2. The van der Waals surface area contributed by atoms with E-state index >= 15 is 0 Å². The normalized spacial score (nSPS) is 10.8. The van der Waals surface area contributed by atoms with Crippen LogP contribution >= 0.6 is 11.6 Å². The highest BCUT2D eigenvalue weighted by molar-refractivity contribution is 6.30. The summed E-state index contributed by atoms with van der Waals surface area (Å²) in [5.41, 5.74) is 1.17. The Hall–Kier alpha value is -3.13. The summed E-state index contributed by atoms with van der Waals surface area (Å²) < 4.78 is 36.6. The van der Waals surface area contributed by atoms with Crippen molar-refractivity contribution in [3.63, 3.8) is 0 Å². The maximum Gasteiger partial charge on any atom is 0.387 e. The largest absolute Gasteiger partial charge is 0.493 e. The van der Waals surface area contributed by atoms with Gasteiger partial charge in [0.2, 0.25) is 0 Å². The van der Waals surface area contributed by atoms with E-state index in [0.29, 0.717) is 22.2 Å². The third-order valence-electron chi connectivity index (χ3n) is 3.78. The molecule has 1 N–H and O–H groups in total. The summed E-state index contributed by atoms with van der Waals surface area (Å²) in [4.78, 5) is 12.8. The molecule has 1 heterocycles. The van der Waals surface area contributed by atoms with Gasteiger partial charge in [-0.25, -0.2) is 4.68 Å². The van der Waals surface area contributed by atoms with Crippen molar-refractivity contribution in [2.45, 2.75) is 13.5 Å². The molecule has 0 spiro atoms. The number of nitrogens with zero attached hydrogens (tertiary/aromatic N) is 2. The van der Waals surface area contributed by atoms with Crippen molar-refractivity contribution < 1.29 is 23.0 Å². The fourth-order valence-electron chi connectivity index (χ4n) is 2.64. The average molecular weight is 408 g/mol. The van der Waals surface area contributed by atoms with Gasteiger partial charge in [0.15, 0.2) is 11.5 Å². The number of aromatic nitrogens is 2. The molecule has 3 aromatic rings. The van der Waals surface area contributed by atoms with E-state index in [1.165, 1.54) is 30.0 Å². The van der Waals surface area contributed by atoms with Gasteiger partial charge in [-0.1, -0.05) is 23.7 Å². The van der Waals surface area contributed by atoms with Gasteiger partial charge in [-0.2, -0.15) is 13.9 Å². The van der Waals surface area contributed by atoms with Crippen LogP contribution in [0.1, 0.15) is 16.1 Å². The first-order valence-corrected chi connectivity index (χ1v) is 8.52. The summed E-state index contributed by atoms with van der Waals surface area (Å²) in [5, 5.41) is 7.51. The standard InChI is InChI=1S/C19H16ClF2N3O3/c1-11-9-16(25(24-11)13-6-3-5-12(20)10-13)23-18(26)14-7-4-8-15(27-2)17(14)28-19(21)22/h3-10,19H,1-2H3,(H,23,26). The van der Waals surface area contributed by atoms with Crippen molar-refractivity contribution in [2.24, 2.45) is 0 Å². The van der Waals surface area contributed by atoms with Crippen LogP contribution in [0.25, 0.3) is 5.69 Å². The number of methoxy groups -OCH3 is 1. The van der Waals surface area contributed by atoms with Crippen LogP contribution in [0.2, 0.25) is 5.02 Å². The third-order valence-corrected chi connectivity index (χ3v) is 4.01. The van der Waals surface area contributed by atoms with Crippen LogP contribution in [0.15, 0.2) is 48.5 Å². The number of halogens is 3. The van der Waals surface area contributed by atoms with E-state index in [4.69, 9.17) is 16.3 Å². The molecule has 0 aliphatic carbocycles. The van der Waals surface area contributed by atoms with E-state index in [1.807, 2.05) is 0 Å². The summed E-state index contributed by atoms with van der Waals surface area (Å²) in [6.07, 6.45) is 0. The molecule has 0 radical (unpaired) electrons. The topological polar surface area (TPSA) is 65.4 Å². The Morgan fingerprint density at radius 1 is 1.21 bits per heavy atom. The Morgan fingerprint density at radius 2 is 1.96 bits per heavy atom. The van der Waals surface area contributed by atoms with Crippen molar-refractivity contribution in [3.8, 4) is 17.2 Å². The smallest absolute Gasteiger partial charge is 0.387 e. The zero-order chi connectivity index (χ0) is 20.3. The third kappa shape index (κ3) is 4.23. The lowest BCUT2D eigenvalue weighted by Crippen LogP contribution is -2.17. The van der Waals surface area contributed by atoms with Gasteiger partial charge in [0.1, 0.15) is 5.82 Å². The summed E-state index contributed by atoms with van der Waals surface area (Å²) in [7, 11) is 1.30. The summed E-state index contributed by atoms with van der Waals surface area (Å²) in [6, 6.07) is 12.8. The lowest BCUT2D eigenvalue weighted by Gasteiger charge is -2.14. The zero-order valence-electron chi connectivity index (χ0n) is 14.9. The van der Waals surface area contributed by atoms with Gasteiger partial charge in [0, 0.05) is 11.1 Å². The Morgan fingerprint density at radius 3 is 2.64 bits per heavy atom. The predicted molar refractivity (Wildman–Crippen MR) is 101 cm³/mol. The number of nitrogens with one attached hydrogen (secondary N) is 1. The van der Waals surface area contributed by atoms with Gasteiger partial charge in [-0.05, 0) is 37.3 Å². The fourth-order valence-corrected chi connectivity index (χ4v) is 2.83. The van der Waals surface area contributed by atoms with Crippen LogP contribution in [-0.4, -0.2) is 29.4 Å². The molecule has 0 aliphatic rings. The second kappa shape index (κ2) is 8.26. The Bertz CT molecular complexity index is 1010. The summed E-state index contributed by atoms with van der Waals surface area (Å²) in [6.45, 7) is -1.35. The number of aryl methyl sites for hydroxylation is 1. The van der Waals surface area contributed by atoms with E-state index in [2.05, 4.69) is 15.2 Å². The Kier molecular flexibility index (Phi) is 5.79. The van der Waals surface area contributed by atoms with Crippen LogP contribution < -0.4 is 14.8 Å². The van der Waals surface area contributed by atoms with E-state index in [0.717, 1.165) is 0 Å². The quantitative estimate of drug-likeness (QED) is 0.643. The van der Waals surface area contributed by atoms with Crippen LogP contribution in [0.3, 0.4) is 0 Å².